The summed E-state index contributed by atoms with van der Waals surface area (Å²) in [5.41, 5.74) is 1.22. The summed E-state index contributed by atoms with van der Waals surface area (Å²) in [7, 11) is 0. The average Bonchev–Trinajstić information content (AvgIpc) is 3.63. The minimum atomic E-state index is -1.32. The Labute approximate surface area is 243 Å². The first-order valence-corrected chi connectivity index (χ1v) is 15.2. The number of benzene rings is 2. The quantitative estimate of drug-likeness (QED) is 0.298. The van der Waals surface area contributed by atoms with Gasteiger partial charge in [0.2, 0.25) is 5.79 Å². The third-order valence-corrected chi connectivity index (χ3v) is 8.71. The van der Waals surface area contributed by atoms with Gasteiger partial charge in [-0.2, -0.15) is 0 Å². The molecule has 2 bridgehead atoms. The molecule has 6 atom stereocenters. The minimum Gasteiger partial charge on any atom is -0.488 e. The van der Waals surface area contributed by atoms with Crippen molar-refractivity contribution in [1.82, 2.24) is 0 Å². The van der Waals surface area contributed by atoms with Crippen LogP contribution in [0.15, 0.2) is 42.5 Å². The van der Waals surface area contributed by atoms with Crippen LogP contribution in [0.25, 0.3) is 0 Å². The fourth-order valence-electron chi connectivity index (χ4n) is 6.05. The second-order valence-electron chi connectivity index (χ2n) is 11.6. The van der Waals surface area contributed by atoms with E-state index in [4.69, 9.17) is 28.4 Å². The van der Waals surface area contributed by atoms with E-state index >= 15 is 4.39 Å². The lowest BCUT2D eigenvalue weighted by Crippen LogP contribution is -2.63. The van der Waals surface area contributed by atoms with Crippen molar-refractivity contribution in [2.45, 2.75) is 89.0 Å². The van der Waals surface area contributed by atoms with Crippen LogP contribution >= 0.6 is 0 Å². The summed E-state index contributed by atoms with van der Waals surface area (Å²) in [5, 5.41) is 10.5. The van der Waals surface area contributed by atoms with Gasteiger partial charge in [0.25, 0.3) is 0 Å². The molecular weight excluding hydrogens is 527 g/mol. The van der Waals surface area contributed by atoms with Gasteiger partial charge in [0.1, 0.15) is 29.4 Å². The third-order valence-electron chi connectivity index (χ3n) is 8.71. The van der Waals surface area contributed by atoms with Gasteiger partial charge >= 0.3 is 0 Å². The first-order valence-electron chi connectivity index (χ1n) is 15.2. The Bertz CT molecular complexity index is 1120. The van der Waals surface area contributed by atoms with Crippen molar-refractivity contribution >= 4 is 0 Å². The Hall–Kier alpha value is -2.07. The predicted octanol–water partition coefficient (Wildman–Crippen LogP) is 5.54. The smallest absolute Gasteiger partial charge is 0.225 e. The highest BCUT2D eigenvalue weighted by Gasteiger charge is 2.67. The van der Waals surface area contributed by atoms with Crippen molar-refractivity contribution < 1.29 is 37.9 Å². The number of ether oxygens (including phenoxy) is 6. The molecule has 1 N–H and O–H groups in total. The fourth-order valence-corrected chi connectivity index (χ4v) is 6.05. The van der Waals surface area contributed by atoms with Gasteiger partial charge in [-0.05, 0) is 48.2 Å². The number of unbranched alkanes of at least 4 members (excludes halogenated alkanes) is 2. The molecule has 0 aliphatic carbocycles. The van der Waals surface area contributed by atoms with E-state index in [1.807, 2.05) is 37.3 Å². The average molecular weight is 573 g/mol. The first kappa shape index (κ1) is 30.4. The van der Waals surface area contributed by atoms with Crippen LogP contribution in [0, 0.1) is 11.7 Å². The number of halogens is 1. The van der Waals surface area contributed by atoms with Crippen LogP contribution in [0.4, 0.5) is 4.39 Å². The van der Waals surface area contributed by atoms with E-state index in [1.54, 1.807) is 6.07 Å². The van der Waals surface area contributed by atoms with Crippen molar-refractivity contribution in [3.05, 3.63) is 65.0 Å². The summed E-state index contributed by atoms with van der Waals surface area (Å²) in [6, 6.07) is 12.8. The van der Waals surface area contributed by atoms with Crippen LogP contribution in [-0.4, -0.2) is 68.7 Å². The maximum Gasteiger partial charge on any atom is 0.225 e. The lowest BCUT2D eigenvalue weighted by atomic mass is 9.78. The van der Waals surface area contributed by atoms with E-state index in [2.05, 4.69) is 13.8 Å². The van der Waals surface area contributed by atoms with Crippen molar-refractivity contribution in [2.24, 2.45) is 5.92 Å². The number of aliphatic hydroxyl groups is 1. The normalized spacial score (nSPS) is 31.0. The summed E-state index contributed by atoms with van der Waals surface area (Å²) in [6.07, 6.45) is 4.23. The number of hydrogen-bond donors (Lipinski definition) is 1. The summed E-state index contributed by atoms with van der Waals surface area (Å²) in [5.74, 6) is -1.00. The van der Waals surface area contributed by atoms with Gasteiger partial charge in [0.15, 0.2) is 0 Å². The Morgan fingerprint density at radius 2 is 1.78 bits per heavy atom. The zero-order chi connectivity index (χ0) is 28.9. The molecule has 3 aliphatic rings. The molecule has 0 radical (unpaired) electrons. The summed E-state index contributed by atoms with van der Waals surface area (Å²) >= 11 is 0. The van der Waals surface area contributed by atoms with Gasteiger partial charge in [0, 0.05) is 37.5 Å². The van der Waals surface area contributed by atoms with Crippen molar-refractivity contribution in [3.63, 3.8) is 0 Å². The SMILES string of the molecule is CCCCOC1[C@@H](OCCCC)[C@H](C)C2(CO)COC1(c1ccc(F)c(Cc3ccc(OC4CCOC4)cc3)c1)O2. The van der Waals surface area contributed by atoms with E-state index in [9.17, 15) is 5.11 Å². The lowest BCUT2D eigenvalue weighted by molar-refractivity contribution is -0.333. The number of rotatable bonds is 14. The largest absolute Gasteiger partial charge is 0.488 e. The van der Waals surface area contributed by atoms with E-state index in [-0.39, 0.29) is 37.2 Å². The molecule has 3 saturated heterocycles. The molecule has 0 saturated carbocycles. The molecule has 0 spiro atoms. The number of aliphatic hydroxyl groups excluding tert-OH is 1. The van der Waals surface area contributed by atoms with Gasteiger partial charge in [-0.25, -0.2) is 4.39 Å². The van der Waals surface area contributed by atoms with Crippen molar-refractivity contribution in [2.75, 3.05) is 39.6 Å². The minimum absolute atomic E-state index is 0.0761. The topological polar surface area (TPSA) is 75.6 Å². The van der Waals surface area contributed by atoms with Crippen molar-refractivity contribution in [1.29, 1.82) is 0 Å². The lowest BCUT2D eigenvalue weighted by Gasteiger charge is -2.50. The molecule has 5 rings (SSSR count). The van der Waals surface area contributed by atoms with Crippen LogP contribution in [-0.2, 0) is 35.9 Å². The Morgan fingerprint density at radius 1 is 1.02 bits per heavy atom. The molecule has 8 heteroatoms. The second kappa shape index (κ2) is 13.5. The highest BCUT2D eigenvalue weighted by Crippen LogP contribution is 2.53. The van der Waals surface area contributed by atoms with Gasteiger partial charge in [-0.1, -0.05) is 51.8 Å². The van der Waals surface area contributed by atoms with Crippen LogP contribution in [0.1, 0.15) is 69.6 Å². The zero-order valence-corrected chi connectivity index (χ0v) is 24.6. The summed E-state index contributed by atoms with van der Waals surface area (Å²) < 4.78 is 52.7. The van der Waals surface area contributed by atoms with E-state index < -0.39 is 17.5 Å². The van der Waals surface area contributed by atoms with Crippen LogP contribution in [0.2, 0.25) is 0 Å². The zero-order valence-electron chi connectivity index (χ0n) is 24.6. The maximum absolute atomic E-state index is 15.2. The molecule has 226 valence electrons. The molecule has 41 heavy (non-hydrogen) atoms. The summed E-state index contributed by atoms with van der Waals surface area (Å²) in [6.45, 7) is 8.71. The molecule has 4 unspecified atom stereocenters. The van der Waals surface area contributed by atoms with E-state index in [0.29, 0.717) is 37.4 Å². The van der Waals surface area contributed by atoms with Crippen LogP contribution < -0.4 is 4.74 Å². The first-order chi connectivity index (χ1) is 19.9. The molecule has 0 amide bonds. The molecule has 3 fully saturated rings. The number of hydrogen-bond acceptors (Lipinski definition) is 7. The van der Waals surface area contributed by atoms with Gasteiger partial charge in [-0.15, -0.1) is 0 Å². The highest BCUT2D eigenvalue weighted by molar-refractivity contribution is 5.37. The van der Waals surface area contributed by atoms with E-state index in [1.165, 1.54) is 6.07 Å². The Balaban J connectivity index is 1.43. The predicted molar refractivity (Wildman–Crippen MR) is 152 cm³/mol. The Kier molecular flexibility index (Phi) is 10.00. The maximum atomic E-state index is 15.2. The monoisotopic (exact) mass is 572 g/mol. The summed E-state index contributed by atoms with van der Waals surface area (Å²) in [4.78, 5) is 0. The molecule has 3 heterocycles. The van der Waals surface area contributed by atoms with Crippen molar-refractivity contribution in [3.8, 4) is 5.75 Å². The Morgan fingerprint density at radius 3 is 2.46 bits per heavy atom. The van der Waals surface area contributed by atoms with Crippen LogP contribution in [0.3, 0.4) is 0 Å². The second-order valence-corrected chi connectivity index (χ2v) is 11.6. The van der Waals surface area contributed by atoms with Gasteiger partial charge in [0.05, 0.1) is 32.5 Å². The number of fused-ring (bicyclic) bond motifs is 2. The molecule has 0 aromatic heterocycles. The standard InChI is InChI=1S/C33H45FO7/c1-4-6-15-37-30-23(3)32(21-35)22-39-33(41-32,31(30)38-16-7-5-2)26-10-13-29(34)25(19-26)18-24-8-11-27(12-9-24)40-28-14-17-36-20-28/h8-13,19,23,28,30-31,35H,4-7,14-18,20-22H2,1-3H3/t23-,28?,30-,31?,32?,33?/m0/s1. The molecule has 7 nitrogen and oxygen atoms in total. The third kappa shape index (κ3) is 6.33. The van der Waals surface area contributed by atoms with Gasteiger partial charge < -0.3 is 33.5 Å². The fraction of sp³-hybridized carbons (Fsp3) is 0.636. The van der Waals surface area contributed by atoms with E-state index in [0.717, 1.165) is 50.0 Å². The van der Waals surface area contributed by atoms with Gasteiger partial charge in [-0.3, -0.25) is 0 Å². The van der Waals surface area contributed by atoms with Crippen LogP contribution in [0.5, 0.6) is 5.75 Å². The molecular formula is C33H45FO7. The highest BCUT2D eigenvalue weighted by atomic mass is 19.1. The molecule has 3 aliphatic heterocycles. The molecule has 2 aromatic carbocycles. The molecule has 2 aromatic rings.